The Bertz CT molecular complexity index is 337. The Kier molecular flexibility index (Phi) is 5.58. The van der Waals surface area contributed by atoms with E-state index in [0.717, 1.165) is 17.1 Å². The van der Waals surface area contributed by atoms with E-state index in [2.05, 4.69) is 5.32 Å². The van der Waals surface area contributed by atoms with Gasteiger partial charge in [-0.25, -0.2) is 8.78 Å². The highest BCUT2D eigenvalue weighted by Gasteiger charge is 2.09. The minimum Gasteiger partial charge on any atom is -0.465 e. The maximum Gasteiger partial charge on any atom is 0.261 e. The van der Waals surface area contributed by atoms with Crippen LogP contribution in [0.15, 0.2) is 10.5 Å². The molecule has 0 aromatic carbocycles. The molecule has 1 aromatic heterocycles. The first-order valence-corrected chi connectivity index (χ1v) is 5.66. The molecule has 1 aromatic rings. The lowest BCUT2D eigenvalue weighted by molar-refractivity contribution is 0.00953. The van der Waals surface area contributed by atoms with E-state index in [4.69, 9.17) is 9.15 Å². The normalized spacial score (nSPS) is 11.7. The van der Waals surface area contributed by atoms with E-state index in [9.17, 15) is 8.78 Å². The number of furan rings is 1. The fourth-order valence-electron chi connectivity index (χ4n) is 1.38. The molecule has 0 aliphatic rings. The van der Waals surface area contributed by atoms with Crippen LogP contribution in [0.3, 0.4) is 0 Å². The van der Waals surface area contributed by atoms with E-state index in [1.165, 1.54) is 0 Å². The summed E-state index contributed by atoms with van der Waals surface area (Å²) in [6, 6.07) is 2.22. The van der Waals surface area contributed by atoms with Gasteiger partial charge in [-0.1, -0.05) is 13.8 Å². The second-order valence-corrected chi connectivity index (χ2v) is 4.24. The fraction of sp³-hybridized carbons (Fsp3) is 0.667. The Morgan fingerprint density at radius 3 is 2.71 bits per heavy atom. The first kappa shape index (κ1) is 14.1. The lowest BCUT2D eigenvalue weighted by Crippen LogP contribution is -2.21. The van der Waals surface area contributed by atoms with Gasteiger partial charge in [0.25, 0.3) is 6.43 Å². The average Bonchev–Trinajstić information content (AvgIpc) is 2.56. The Morgan fingerprint density at radius 2 is 2.12 bits per heavy atom. The summed E-state index contributed by atoms with van der Waals surface area (Å²) in [6.45, 7) is 6.16. The van der Waals surface area contributed by atoms with Gasteiger partial charge in [0.05, 0.1) is 13.2 Å². The van der Waals surface area contributed by atoms with Gasteiger partial charge in [-0.2, -0.15) is 0 Å². The first-order valence-electron chi connectivity index (χ1n) is 5.66. The molecule has 0 saturated heterocycles. The van der Waals surface area contributed by atoms with Crippen molar-refractivity contribution in [3.8, 4) is 0 Å². The molecule has 0 aliphatic carbocycles. The Morgan fingerprint density at radius 1 is 1.41 bits per heavy atom. The molecule has 0 radical (unpaired) electrons. The summed E-state index contributed by atoms with van der Waals surface area (Å²) in [6.07, 6.45) is -2.43. The molecular formula is C12H19F2NO2. The van der Waals surface area contributed by atoms with Crippen molar-refractivity contribution in [1.82, 2.24) is 5.32 Å². The molecule has 98 valence electrons. The third-order valence-electron chi connectivity index (χ3n) is 2.26. The molecule has 0 fully saturated rings. The minimum atomic E-state index is -2.43. The quantitative estimate of drug-likeness (QED) is 0.804. The summed E-state index contributed by atoms with van der Waals surface area (Å²) in [5, 5.41) is 3.22. The maximum absolute atomic E-state index is 11.9. The summed E-state index contributed by atoms with van der Waals surface area (Å²) < 4.78 is 34.2. The largest absolute Gasteiger partial charge is 0.465 e. The lowest BCUT2D eigenvalue weighted by atomic mass is 10.2. The topological polar surface area (TPSA) is 34.4 Å². The minimum absolute atomic E-state index is 0.168. The van der Waals surface area contributed by atoms with E-state index in [1.807, 2.05) is 19.9 Å². The van der Waals surface area contributed by atoms with E-state index in [0.29, 0.717) is 12.6 Å². The van der Waals surface area contributed by atoms with Crippen LogP contribution in [0.5, 0.6) is 0 Å². The van der Waals surface area contributed by atoms with Crippen molar-refractivity contribution >= 4 is 0 Å². The highest BCUT2D eigenvalue weighted by Crippen LogP contribution is 2.16. The van der Waals surface area contributed by atoms with E-state index < -0.39 is 13.0 Å². The standard InChI is InChI=1S/C12H19F2NO2/c1-8(2)15-5-11-4-10(9(3)17-11)6-16-7-12(13)14/h4,8,12,15H,5-7H2,1-3H3. The molecule has 17 heavy (non-hydrogen) atoms. The highest BCUT2D eigenvalue weighted by atomic mass is 19.3. The number of halogens is 2. The summed E-state index contributed by atoms with van der Waals surface area (Å²) in [7, 11) is 0. The monoisotopic (exact) mass is 247 g/mol. The number of rotatable bonds is 7. The molecule has 1 N–H and O–H groups in total. The van der Waals surface area contributed by atoms with Crippen molar-refractivity contribution in [1.29, 1.82) is 0 Å². The van der Waals surface area contributed by atoms with Gasteiger partial charge in [-0.3, -0.25) is 0 Å². The Hall–Kier alpha value is -0.940. The van der Waals surface area contributed by atoms with E-state index >= 15 is 0 Å². The van der Waals surface area contributed by atoms with Gasteiger partial charge in [0.2, 0.25) is 0 Å². The van der Waals surface area contributed by atoms with Crippen molar-refractivity contribution in [3.05, 3.63) is 23.2 Å². The number of aryl methyl sites for hydroxylation is 1. The molecule has 0 spiro atoms. The molecule has 0 bridgehead atoms. The predicted octanol–water partition coefficient (Wildman–Crippen LogP) is 2.87. The molecule has 0 amide bonds. The van der Waals surface area contributed by atoms with Crippen molar-refractivity contribution in [2.24, 2.45) is 0 Å². The SMILES string of the molecule is Cc1oc(CNC(C)C)cc1COCC(F)F. The number of hydrogen-bond donors (Lipinski definition) is 1. The molecular weight excluding hydrogens is 228 g/mol. The smallest absolute Gasteiger partial charge is 0.261 e. The van der Waals surface area contributed by atoms with Crippen molar-refractivity contribution < 1.29 is 17.9 Å². The second kappa shape index (κ2) is 6.71. The summed E-state index contributed by atoms with van der Waals surface area (Å²) in [5.74, 6) is 1.52. The number of alkyl halides is 2. The van der Waals surface area contributed by atoms with Gasteiger partial charge in [0.1, 0.15) is 18.1 Å². The molecule has 1 heterocycles. The van der Waals surface area contributed by atoms with Gasteiger partial charge in [-0.15, -0.1) is 0 Å². The van der Waals surface area contributed by atoms with Crippen LogP contribution in [0, 0.1) is 6.92 Å². The van der Waals surface area contributed by atoms with Crippen LogP contribution in [0.2, 0.25) is 0 Å². The van der Waals surface area contributed by atoms with Crippen LogP contribution in [-0.4, -0.2) is 19.1 Å². The third-order valence-corrected chi connectivity index (χ3v) is 2.26. The van der Waals surface area contributed by atoms with E-state index in [1.54, 1.807) is 6.92 Å². The van der Waals surface area contributed by atoms with Crippen LogP contribution >= 0.6 is 0 Å². The van der Waals surface area contributed by atoms with Crippen molar-refractivity contribution in [2.45, 2.75) is 46.4 Å². The molecule has 1 rings (SSSR count). The van der Waals surface area contributed by atoms with Crippen LogP contribution in [0.25, 0.3) is 0 Å². The first-order chi connectivity index (χ1) is 7.99. The van der Waals surface area contributed by atoms with Crippen molar-refractivity contribution in [2.75, 3.05) is 6.61 Å². The molecule has 0 unspecified atom stereocenters. The molecule has 0 aliphatic heterocycles. The van der Waals surface area contributed by atoms with Gasteiger partial charge in [0, 0.05) is 11.6 Å². The van der Waals surface area contributed by atoms with Crippen LogP contribution in [-0.2, 0) is 17.9 Å². The average molecular weight is 247 g/mol. The highest BCUT2D eigenvalue weighted by molar-refractivity contribution is 5.19. The van der Waals surface area contributed by atoms with Gasteiger partial charge >= 0.3 is 0 Å². The molecule has 0 saturated carbocycles. The second-order valence-electron chi connectivity index (χ2n) is 4.24. The summed E-state index contributed by atoms with van der Waals surface area (Å²) >= 11 is 0. The van der Waals surface area contributed by atoms with Gasteiger partial charge in [0.15, 0.2) is 0 Å². The number of nitrogens with one attached hydrogen (secondary N) is 1. The van der Waals surface area contributed by atoms with Gasteiger partial charge in [-0.05, 0) is 13.0 Å². The fourth-order valence-corrected chi connectivity index (χ4v) is 1.38. The van der Waals surface area contributed by atoms with Gasteiger partial charge < -0.3 is 14.5 Å². The zero-order valence-corrected chi connectivity index (χ0v) is 10.4. The van der Waals surface area contributed by atoms with E-state index in [-0.39, 0.29) is 6.61 Å². The number of hydrogen-bond acceptors (Lipinski definition) is 3. The number of ether oxygens (including phenoxy) is 1. The zero-order chi connectivity index (χ0) is 12.8. The van der Waals surface area contributed by atoms with Crippen LogP contribution in [0.1, 0.15) is 30.9 Å². The maximum atomic E-state index is 11.9. The molecule has 0 atom stereocenters. The van der Waals surface area contributed by atoms with Crippen molar-refractivity contribution in [3.63, 3.8) is 0 Å². The van der Waals surface area contributed by atoms with Crippen LogP contribution < -0.4 is 5.32 Å². The summed E-state index contributed by atoms with van der Waals surface area (Å²) in [5.41, 5.74) is 0.825. The lowest BCUT2D eigenvalue weighted by Gasteiger charge is -2.04. The third kappa shape index (κ3) is 5.28. The molecule has 3 nitrogen and oxygen atoms in total. The van der Waals surface area contributed by atoms with Crippen LogP contribution in [0.4, 0.5) is 8.78 Å². The molecule has 5 heteroatoms. The predicted molar refractivity (Wildman–Crippen MR) is 61.1 cm³/mol. The summed E-state index contributed by atoms with van der Waals surface area (Å²) in [4.78, 5) is 0. The Labute approximate surface area is 100 Å². The zero-order valence-electron chi connectivity index (χ0n) is 10.4. The Balaban J connectivity index is 2.44.